The SMILES string of the molecule is C#Cc1cccc(CC2CCc3[nH]c(C(=O)O)cc32)c1. The van der Waals surface area contributed by atoms with Gasteiger partial charge in [-0.25, -0.2) is 4.79 Å². The molecular formula is C17H15NO2. The van der Waals surface area contributed by atoms with Crippen molar-refractivity contribution >= 4 is 5.97 Å². The molecule has 1 aliphatic carbocycles. The molecule has 0 bridgehead atoms. The number of hydrogen-bond acceptors (Lipinski definition) is 1. The van der Waals surface area contributed by atoms with Crippen molar-refractivity contribution in [3.05, 3.63) is 58.4 Å². The van der Waals surface area contributed by atoms with Gasteiger partial charge in [0, 0.05) is 11.3 Å². The summed E-state index contributed by atoms with van der Waals surface area (Å²) in [5.41, 5.74) is 4.60. The lowest BCUT2D eigenvalue weighted by Crippen LogP contribution is -2.00. The van der Waals surface area contributed by atoms with Crippen LogP contribution in [-0.2, 0) is 12.8 Å². The van der Waals surface area contributed by atoms with Crippen molar-refractivity contribution in [2.75, 3.05) is 0 Å². The highest BCUT2D eigenvalue weighted by molar-refractivity contribution is 5.86. The number of fused-ring (bicyclic) bond motifs is 1. The third-order valence-corrected chi connectivity index (χ3v) is 3.92. The lowest BCUT2D eigenvalue weighted by atomic mass is 9.94. The Kier molecular flexibility index (Phi) is 3.08. The van der Waals surface area contributed by atoms with E-state index < -0.39 is 5.97 Å². The highest BCUT2D eigenvalue weighted by Gasteiger charge is 2.26. The summed E-state index contributed by atoms with van der Waals surface area (Å²) in [5.74, 6) is 2.13. The van der Waals surface area contributed by atoms with E-state index in [1.165, 1.54) is 5.56 Å². The largest absolute Gasteiger partial charge is 0.477 e. The van der Waals surface area contributed by atoms with E-state index in [9.17, 15) is 4.79 Å². The topological polar surface area (TPSA) is 53.1 Å². The second kappa shape index (κ2) is 4.90. The van der Waals surface area contributed by atoms with Crippen LogP contribution in [0, 0.1) is 12.3 Å². The Morgan fingerprint density at radius 1 is 1.45 bits per heavy atom. The van der Waals surface area contributed by atoms with Gasteiger partial charge in [0.15, 0.2) is 0 Å². The first-order chi connectivity index (χ1) is 9.67. The second-order valence-corrected chi connectivity index (χ2v) is 5.21. The number of carboxylic acids is 1. The molecule has 0 amide bonds. The number of benzene rings is 1. The van der Waals surface area contributed by atoms with Crippen LogP contribution in [0.2, 0.25) is 0 Å². The molecule has 3 nitrogen and oxygen atoms in total. The third kappa shape index (κ3) is 2.21. The number of carbonyl (C=O) groups is 1. The Morgan fingerprint density at radius 3 is 3.05 bits per heavy atom. The van der Waals surface area contributed by atoms with E-state index in [4.69, 9.17) is 11.5 Å². The first-order valence-corrected chi connectivity index (χ1v) is 6.68. The molecule has 0 radical (unpaired) electrons. The van der Waals surface area contributed by atoms with Crippen LogP contribution in [0.1, 0.15) is 45.2 Å². The van der Waals surface area contributed by atoms with E-state index in [0.717, 1.165) is 36.1 Å². The summed E-state index contributed by atoms with van der Waals surface area (Å²) in [6.45, 7) is 0. The molecule has 0 aliphatic heterocycles. The van der Waals surface area contributed by atoms with E-state index >= 15 is 0 Å². The summed E-state index contributed by atoms with van der Waals surface area (Å²) in [6, 6.07) is 9.77. The predicted molar refractivity (Wildman–Crippen MR) is 76.9 cm³/mol. The highest BCUT2D eigenvalue weighted by Crippen LogP contribution is 2.36. The molecule has 0 fully saturated rings. The zero-order chi connectivity index (χ0) is 14.1. The lowest BCUT2D eigenvalue weighted by molar-refractivity contribution is 0.0691. The first kappa shape index (κ1) is 12.6. The van der Waals surface area contributed by atoms with Crippen LogP contribution in [0.3, 0.4) is 0 Å². The van der Waals surface area contributed by atoms with Gasteiger partial charge in [-0.05, 0) is 54.5 Å². The van der Waals surface area contributed by atoms with Gasteiger partial charge in [0.2, 0.25) is 0 Å². The van der Waals surface area contributed by atoms with Crippen molar-refractivity contribution in [1.82, 2.24) is 4.98 Å². The van der Waals surface area contributed by atoms with Gasteiger partial charge in [0.25, 0.3) is 0 Å². The Morgan fingerprint density at radius 2 is 2.30 bits per heavy atom. The monoisotopic (exact) mass is 265 g/mol. The van der Waals surface area contributed by atoms with Crippen LogP contribution in [-0.4, -0.2) is 16.1 Å². The van der Waals surface area contributed by atoms with Gasteiger partial charge in [0.1, 0.15) is 5.69 Å². The Labute approximate surface area is 117 Å². The summed E-state index contributed by atoms with van der Waals surface area (Å²) in [4.78, 5) is 14.0. The predicted octanol–water partition coefficient (Wildman–Crippen LogP) is 2.97. The van der Waals surface area contributed by atoms with Crippen LogP contribution in [0.5, 0.6) is 0 Å². The average Bonchev–Trinajstić information content (AvgIpc) is 3.01. The molecule has 1 aromatic carbocycles. The van der Waals surface area contributed by atoms with Crippen LogP contribution in [0.15, 0.2) is 30.3 Å². The van der Waals surface area contributed by atoms with E-state index in [2.05, 4.69) is 17.0 Å². The fourth-order valence-electron chi connectivity index (χ4n) is 2.96. The Bertz CT molecular complexity index is 706. The molecule has 0 spiro atoms. The van der Waals surface area contributed by atoms with Crippen molar-refractivity contribution < 1.29 is 9.90 Å². The zero-order valence-electron chi connectivity index (χ0n) is 11.0. The number of H-pyrrole nitrogens is 1. The van der Waals surface area contributed by atoms with Gasteiger partial charge in [-0.3, -0.25) is 0 Å². The quantitative estimate of drug-likeness (QED) is 0.838. The molecule has 1 unspecified atom stereocenters. The fraction of sp³-hybridized carbons (Fsp3) is 0.235. The molecule has 1 aromatic heterocycles. The maximum Gasteiger partial charge on any atom is 0.352 e. The lowest BCUT2D eigenvalue weighted by Gasteiger charge is -2.10. The molecule has 1 aliphatic rings. The number of hydrogen-bond donors (Lipinski definition) is 2. The molecule has 0 saturated carbocycles. The normalized spacial score (nSPS) is 16.6. The minimum atomic E-state index is -0.896. The van der Waals surface area contributed by atoms with Gasteiger partial charge < -0.3 is 10.1 Å². The van der Waals surface area contributed by atoms with Gasteiger partial charge >= 0.3 is 5.97 Å². The van der Waals surface area contributed by atoms with Crippen molar-refractivity contribution in [2.24, 2.45) is 0 Å². The second-order valence-electron chi connectivity index (χ2n) is 5.21. The summed E-state index contributed by atoms with van der Waals surface area (Å²) >= 11 is 0. The molecule has 0 saturated heterocycles. The molecule has 100 valence electrons. The molecule has 3 heteroatoms. The summed E-state index contributed by atoms with van der Waals surface area (Å²) in [5, 5.41) is 9.03. The number of rotatable bonds is 3. The number of aryl methyl sites for hydroxylation is 1. The van der Waals surface area contributed by atoms with Crippen LogP contribution in [0.25, 0.3) is 0 Å². The molecule has 1 atom stereocenters. The smallest absolute Gasteiger partial charge is 0.352 e. The fourth-order valence-corrected chi connectivity index (χ4v) is 2.96. The molecule has 20 heavy (non-hydrogen) atoms. The standard InChI is InChI=1S/C17H15NO2/c1-2-11-4-3-5-12(8-11)9-13-6-7-15-14(13)10-16(18-15)17(19)20/h1,3-5,8,10,13,18H,6-7,9H2,(H,19,20). The van der Waals surface area contributed by atoms with Crippen LogP contribution in [0.4, 0.5) is 0 Å². The van der Waals surface area contributed by atoms with Gasteiger partial charge in [0.05, 0.1) is 0 Å². The van der Waals surface area contributed by atoms with Crippen molar-refractivity contribution in [3.63, 3.8) is 0 Å². The van der Waals surface area contributed by atoms with Crippen LogP contribution >= 0.6 is 0 Å². The maximum atomic E-state index is 11.0. The minimum absolute atomic E-state index is 0.289. The number of carboxylic acid groups (broad SMARTS) is 1. The average molecular weight is 265 g/mol. The molecular weight excluding hydrogens is 250 g/mol. The summed E-state index contributed by atoms with van der Waals surface area (Å²) < 4.78 is 0. The van der Waals surface area contributed by atoms with Gasteiger partial charge in [-0.2, -0.15) is 0 Å². The Balaban J connectivity index is 1.84. The molecule has 1 heterocycles. The minimum Gasteiger partial charge on any atom is -0.477 e. The van der Waals surface area contributed by atoms with Crippen molar-refractivity contribution in [2.45, 2.75) is 25.2 Å². The molecule has 2 N–H and O–H groups in total. The van der Waals surface area contributed by atoms with E-state index in [-0.39, 0.29) is 5.69 Å². The van der Waals surface area contributed by atoms with E-state index in [1.54, 1.807) is 6.07 Å². The molecule has 2 aromatic rings. The number of aromatic nitrogens is 1. The van der Waals surface area contributed by atoms with E-state index in [1.807, 2.05) is 18.2 Å². The maximum absolute atomic E-state index is 11.0. The third-order valence-electron chi connectivity index (χ3n) is 3.92. The van der Waals surface area contributed by atoms with E-state index in [0.29, 0.717) is 5.92 Å². The first-order valence-electron chi connectivity index (χ1n) is 6.68. The van der Waals surface area contributed by atoms with Crippen LogP contribution < -0.4 is 0 Å². The Hall–Kier alpha value is -2.47. The van der Waals surface area contributed by atoms with Crippen molar-refractivity contribution in [1.29, 1.82) is 0 Å². The number of terminal acetylenes is 1. The van der Waals surface area contributed by atoms with Crippen molar-refractivity contribution in [3.8, 4) is 12.3 Å². The zero-order valence-corrected chi connectivity index (χ0v) is 11.0. The summed E-state index contributed by atoms with van der Waals surface area (Å²) in [6.07, 6.45) is 8.30. The number of nitrogens with one attached hydrogen (secondary N) is 1. The summed E-state index contributed by atoms with van der Waals surface area (Å²) in [7, 11) is 0. The highest BCUT2D eigenvalue weighted by atomic mass is 16.4. The number of aromatic carboxylic acids is 1. The van der Waals surface area contributed by atoms with Gasteiger partial charge in [-0.15, -0.1) is 6.42 Å². The number of aromatic amines is 1. The molecule has 3 rings (SSSR count). The van der Waals surface area contributed by atoms with Gasteiger partial charge in [-0.1, -0.05) is 18.1 Å².